The van der Waals surface area contributed by atoms with Crippen LogP contribution in [-0.2, 0) is 0 Å². The van der Waals surface area contributed by atoms with Gasteiger partial charge >= 0.3 is 0 Å². The van der Waals surface area contributed by atoms with Crippen LogP contribution >= 0.6 is 15.9 Å². The summed E-state index contributed by atoms with van der Waals surface area (Å²) in [5.41, 5.74) is 1.57. The van der Waals surface area contributed by atoms with E-state index >= 15 is 0 Å². The largest absolute Gasteiger partial charge is 0.497 e. The molecule has 24 heavy (non-hydrogen) atoms. The summed E-state index contributed by atoms with van der Waals surface area (Å²) in [6.45, 7) is 0.658. The number of carbonyl (C=O) groups excluding carboxylic acids is 1. The number of carbonyl (C=O) groups is 1. The maximum absolute atomic E-state index is 12.3. The van der Waals surface area contributed by atoms with Gasteiger partial charge < -0.3 is 9.47 Å². The van der Waals surface area contributed by atoms with Gasteiger partial charge in [0.25, 0.3) is 0 Å². The van der Waals surface area contributed by atoms with E-state index in [-0.39, 0.29) is 5.78 Å². The van der Waals surface area contributed by atoms with Gasteiger partial charge in [-0.1, -0.05) is 46.3 Å². The van der Waals surface area contributed by atoms with Crippen LogP contribution in [0.15, 0.2) is 54.6 Å². The Kier molecular flexibility index (Phi) is 7.56. The molecular formula is C20H21BrO3. The number of benzene rings is 2. The molecule has 2 aromatic carbocycles. The fraction of sp³-hybridized carbons (Fsp3) is 0.250. The monoisotopic (exact) mass is 388 g/mol. The van der Waals surface area contributed by atoms with Gasteiger partial charge in [0.05, 0.1) is 13.7 Å². The van der Waals surface area contributed by atoms with Crippen LogP contribution in [0.4, 0.5) is 0 Å². The Hall–Kier alpha value is -2.07. The molecule has 0 aliphatic carbocycles. The highest BCUT2D eigenvalue weighted by atomic mass is 79.9. The van der Waals surface area contributed by atoms with Crippen molar-refractivity contribution in [3.63, 3.8) is 0 Å². The lowest BCUT2D eigenvalue weighted by atomic mass is 10.1. The number of alkyl halides is 1. The van der Waals surface area contributed by atoms with Crippen molar-refractivity contribution in [3.05, 3.63) is 65.7 Å². The number of ether oxygens (including phenoxy) is 2. The normalized spacial score (nSPS) is 10.8. The predicted molar refractivity (Wildman–Crippen MR) is 101 cm³/mol. The minimum absolute atomic E-state index is 0.0447. The quantitative estimate of drug-likeness (QED) is 0.258. The highest BCUT2D eigenvalue weighted by Gasteiger charge is 2.04. The van der Waals surface area contributed by atoms with Crippen molar-refractivity contribution >= 4 is 27.8 Å². The van der Waals surface area contributed by atoms with Crippen LogP contribution in [0, 0.1) is 0 Å². The van der Waals surface area contributed by atoms with Gasteiger partial charge in [0.1, 0.15) is 11.5 Å². The summed E-state index contributed by atoms with van der Waals surface area (Å²) in [6.07, 6.45) is 5.43. The second kappa shape index (κ2) is 9.93. The van der Waals surface area contributed by atoms with Crippen molar-refractivity contribution in [3.8, 4) is 11.5 Å². The second-order valence-electron chi connectivity index (χ2n) is 5.24. The minimum atomic E-state index is -0.0447. The molecule has 2 rings (SSSR count). The SMILES string of the molecule is COc1ccc(/C=C/C(=O)c2cccc(OCCCCBr)c2)cc1. The number of allylic oxidation sites excluding steroid dienone is 1. The third kappa shape index (κ3) is 5.85. The first-order valence-corrected chi connectivity index (χ1v) is 9.00. The standard InChI is InChI=1S/C20H21BrO3/c1-23-18-10-7-16(8-11-18)9-12-20(22)17-5-4-6-19(15-17)24-14-3-2-13-21/h4-12,15H,2-3,13-14H2,1H3/b12-9+. The molecule has 0 saturated carbocycles. The van der Waals surface area contributed by atoms with Crippen LogP contribution in [-0.4, -0.2) is 24.8 Å². The molecule has 0 amide bonds. The lowest BCUT2D eigenvalue weighted by Gasteiger charge is -2.06. The van der Waals surface area contributed by atoms with Gasteiger partial charge in [0.2, 0.25) is 0 Å². The summed E-state index contributed by atoms with van der Waals surface area (Å²) in [5.74, 6) is 1.48. The van der Waals surface area contributed by atoms with E-state index < -0.39 is 0 Å². The molecule has 0 aliphatic heterocycles. The zero-order chi connectivity index (χ0) is 17.2. The van der Waals surface area contributed by atoms with Gasteiger partial charge in [-0.15, -0.1) is 0 Å². The Bertz CT molecular complexity index is 678. The van der Waals surface area contributed by atoms with E-state index in [4.69, 9.17) is 9.47 Å². The van der Waals surface area contributed by atoms with Gasteiger partial charge in [-0.25, -0.2) is 0 Å². The first kappa shape index (κ1) is 18.3. The molecule has 0 heterocycles. The van der Waals surface area contributed by atoms with E-state index in [9.17, 15) is 4.79 Å². The minimum Gasteiger partial charge on any atom is -0.497 e. The Morgan fingerprint density at radius 3 is 2.58 bits per heavy atom. The van der Waals surface area contributed by atoms with E-state index in [0.29, 0.717) is 12.2 Å². The molecule has 0 radical (unpaired) electrons. The number of hydrogen-bond donors (Lipinski definition) is 0. The molecule has 2 aromatic rings. The highest BCUT2D eigenvalue weighted by molar-refractivity contribution is 9.09. The Balaban J connectivity index is 1.96. The molecule has 0 bridgehead atoms. The number of methoxy groups -OCH3 is 1. The Morgan fingerprint density at radius 2 is 1.88 bits per heavy atom. The van der Waals surface area contributed by atoms with Crippen LogP contribution in [0.2, 0.25) is 0 Å². The van der Waals surface area contributed by atoms with Crippen LogP contribution in [0.5, 0.6) is 11.5 Å². The number of rotatable bonds is 9. The molecule has 3 nitrogen and oxygen atoms in total. The van der Waals surface area contributed by atoms with Crippen molar-refractivity contribution in [1.29, 1.82) is 0 Å². The zero-order valence-corrected chi connectivity index (χ0v) is 15.3. The summed E-state index contributed by atoms with van der Waals surface area (Å²) >= 11 is 3.40. The van der Waals surface area contributed by atoms with E-state index in [1.807, 2.05) is 36.4 Å². The van der Waals surface area contributed by atoms with Crippen LogP contribution < -0.4 is 9.47 Å². The van der Waals surface area contributed by atoms with Gasteiger partial charge in [-0.2, -0.15) is 0 Å². The third-order valence-corrected chi connectivity index (χ3v) is 4.02. The molecule has 0 atom stereocenters. The fourth-order valence-electron chi connectivity index (χ4n) is 2.11. The first-order valence-electron chi connectivity index (χ1n) is 7.88. The van der Waals surface area contributed by atoms with Crippen molar-refractivity contribution in [2.75, 3.05) is 19.0 Å². The smallest absolute Gasteiger partial charge is 0.185 e. The Morgan fingerprint density at radius 1 is 1.08 bits per heavy atom. The number of halogens is 1. The lowest BCUT2D eigenvalue weighted by Crippen LogP contribution is -2.00. The molecule has 0 aliphatic rings. The molecule has 0 N–H and O–H groups in total. The van der Waals surface area contributed by atoms with Crippen molar-refractivity contribution in [1.82, 2.24) is 0 Å². The Labute approximate surface area is 151 Å². The van der Waals surface area contributed by atoms with Crippen LogP contribution in [0.25, 0.3) is 6.08 Å². The molecule has 0 aromatic heterocycles. The van der Waals surface area contributed by atoms with Crippen LogP contribution in [0.1, 0.15) is 28.8 Å². The van der Waals surface area contributed by atoms with E-state index in [1.54, 1.807) is 31.4 Å². The first-order chi connectivity index (χ1) is 11.7. The molecule has 0 fully saturated rings. The van der Waals surface area contributed by atoms with Gasteiger partial charge in [-0.05, 0) is 48.7 Å². The van der Waals surface area contributed by atoms with Gasteiger partial charge in [0.15, 0.2) is 5.78 Å². The molecule has 4 heteroatoms. The topological polar surface area (TPSA) is 35.5 Å². The summed E-state index contributed by atoms with van der Waals surface area (Å²) in [5, 5.41) is 0.977. The lowest BCUT2D eigenvalue weighted by molar-refractivity contribution is 0.104. The molecule has 126 valence electrons. The van der Waals surface area contributed by atoms with Gasteiger partial charge in [0, 0.05) is 10.9 Å². The zero-order valence-electron chi connectivity index (χ0n) is 13.7. The second-order valence-corrected chi connectivity index (χ2v) is 6.04. The maximum Gasteiger partial charge on any atom is 0.185 e. The summed E-state index contributed by atoms with van der Waals surface area (Å²) in [6, 6.07) is 14.8. The number of unbranched alkanes of at least 4 members (excludes halogenated alkanes) is 1. The van der Waals surface area contributed by atoms with Gasteiger partial charge in [-0.3, -0.25) is 4.79 Å². The summed E-state index contributed by atoms with van der Waals surface area (Å²) in [4.78, 5) is 12.3. The van der Waals surface area contributed by atoms with Crippen molar-refractivity contribution < 1.29 is 14.3 Å². The molecular weight excluding hydrogens is 368 g/mol. The average molecular weight is 389 g/mol. The summed E-state index contributed by atoms with van der Waals surface area (Å²) < 4.78 is 10.8. The molecule has 0 saturated heterocycles. The molecule has 0 spiro atoms. The summed E-state index contributed by atoms with van der Waals surface area (Å²) in [7, 11) is 1.63. The van der Waals surface area contributed by atoms with E-state index in [0.717, 1.165) is 35.2 Å². The van der Waals surface area contributed by atoms with Crippen LogP contribution in [0.3, 0.4) is 0 Å². The van der Waals surface area contributed by atoms with E-state index in [1.165, 1.54) is 0 Å². The van der Waals surface area contributed by atoms with E-state index in [2.05, 4.69) is 15.9 Å². The van der Waals surface area contributed by atoms with Crippen molar-refractivity contribution in [2.24, 2.45) is 0 Å². The highest BCUT2D eigenvalue weighted by Crippen LogP contribution is 2.16. The predicted octanol–water partition coefficient (Wildman–Crippen LogP) is 5.15. The maximum atomic E-state index is 12.3. The average Bonchev–Trinajstić information content (AvgIpc) is 2.64. The number of hydrogen-bond acceptors (Lipinski definition) is 3. The fourth-order valence-corrected chi connectivity index (χ4v) is 2.51. The third-order valence-electron chi connectivity index (χ3n) is 3.46. The number of ketones is 1. The molecule has 0 unspecified atom stereocenters. The van der Waals surface area contributed by atoms with Crippen molar-refractivity contribution in [2.45, 2.75) is 12.8 Å².